The zero-order chi connectivity index (χ0) is 12.3. The average molecular weight is 233 g/mol. The molecule has 0 bridgehead atoms. The average Bonchev–Trinajstić information content (AvgIpc) is 2.52. The minimum absolute atomic E-state index is 0.410. The molecule has 92 valence electrons. The van der Waals surface area contributed by atoms with Crippen molar-refractivity contribution >= 4 is 5.97 Å². The fourth-order valence-corrected chi connectivity index (χ4v) is 2.47. The fraction of sp³-hybridized carbons (Fsp3) is 0.571. The van der Waals surface area contributed by atoms with E-state index in [9.17, 15) is 9.90 Å². The van der Waals surface area contributed by atoms with Crippen LogP contribution in [-0.2, 0) is 19.3 Å². The number of aryl methyl sites for hydroxylation is 3. The van der Waals surface area contributed by atoms with E-state index >= 15 is 0 Å². The van der Waals surface area contributed by atoms with Gasteiger partial charge in [0, 0.05) is 5.69 Å². The largest absolute Gasteiger partial charge is 0.478 e. The van der Waals surface area contributed by atoms with E-state index < -0.39 is 5.97 Å². The van der Waals surface area contributed by atoms with Gasteiger partial charge in [0.1, 0.15) is 0 Å². The van der Waals surface area contributed by atoms with Gasteiger partial charge in [-0.3, -0.25) is 4.98 Å². The first-order valence-electron chi connectivity index (χ1n) is 6.47. The lowest BCUT2D eigenvalue weighted by Crippen LogP contribution is -2.09. The Labute approximate surface area is 102 Å². The molecule has 3 heteroatoms. The van der Waals surface area contributed by atoms with Crippen molar-refractivity contribution in [2.45, 2.75) is 51.9 Å². The Balaban J connectivity index is 2.44. The molecule has 0 aliphatic heterocycles. The molecular weight excluding hydrogens is 214 g/mol. The molecule has 3 nitrogen and oxygen atoms in total. The van der Waals surface area contributed by atoms with E-state index in [0.717, 1.165) is 49.1 Å². The maximum absolute atomic E-state index is 11.2. The van der Waals surface area contributed by atoms with E-state index in [2.05, 4.69) is 11.9 Å². The van der Waals surface area contributed by atoms with Crippen LogP contribution in [0.3, 0.4) is 0 Å². The van der Waals surface area contributed by atoms with Gasteiger partial charge in [-0.2, -0.15) is 0 Å². The quantitative estimate of drug-likeness (QED) is 0.816. The van der Waals surface area contributed by atoms with E-state index in [4.69, 9.17) is 0 Å². The van der Waals surface area contributed by atoms with E-state index in [0.29, 0.717) is 5.56 Å². The van der Waals surface area contributed by atoms with Crippen molar-refractivity contribution in [1.82, 2.24) is 4.98 Å². The number of rotatable bonds is 3. The van der Waals surface area contributed by atoms with Crippen LogP contribution in [0.25, 0.3) is 0 Å². The molecule has 1 N–H and O–H groups in total. The molecule has 0 fully saturated rings. The van der Waals surface area contributed by atoms with Crippen molar-refractivity contribution in [3.63, 3.8) is 0 Å². The number of fused-ring (bicyclic) bond motifs is 1. The normalized spacial score (nSPS) is 15.1. The summed E-state index contributed by atoms with van der Waals surface area (Å²) in [5.41, 5.74) is 3.46. The van der Waals surface area contributed by atoms with Crippen molar-refractivity contribution in [2.24, 2.45) is 0 Å². The van der Waals surface area contributed by atoms with Crippen molar-refractivity contribution in [1.29, 1.82) is 0 Å². The van der Waals surface area contributed by atoms with Gasteiger partial charge in [-0.25, -0.2) is 4.79 Å². The Morgan fingerprint density at radius 3 is 2.82 bits per heavy atom. The molecule has 0 unspecified atom stereocenters. The van der Waals surface area contributed by atoms with Gasteiger partial charge in [0.25, 0.3) is 0 Å². The molecule has 1 aromatic rings. The van der Waals surface area contributed by atoms with E-state index in [-0.39, 0.29) is 0 Å². The summed E-state index contributed by atoms with van der Waals surface area (Å²) in [5, 5.41) is 9.22. The van der Waals surface area contributed by atoms with Crippen molar-refractivity contribution in [2.75, 3.05) is 0 Å². The maximum atomic E-state index is 11.2. The fourth-order valence-electron chi connectivity index (χ4n) is 2.47. The van der Waals surface area contributed by atoms with Gasteiger partial charge in [-0.1, -0.05) is 19.8 Å². The minimum atomic E-state index is -0.840. The highest BCUT2D eigenvalue weighted by molar-refractivity contribution is 5.89. The van der Waals surface area contributed by atoms with Gasteiger partial charge in [0.15, 0.2) is 0 Å². The standard InChI is InChI=1S/C14H19NO2/c1-2-6-13-11(14(16)17)9-10-7-4-3-5-8-12(10)15-13/h9H,2-8H2,1H3,(H,16,17). The van der Waals surface area contributed by atoms with E-state index in [1.54, 1.807) is 0 Å². The Hall–Kier alpha value is -1.38. The second kappa shape index (κ2) is 5.30. The number of nitrogens with zero attached hydrogens (tertiary/aromatic N) is 1. The molecule has 0 saturated carbocycles. The molecule has 0 atom stereocenters. The minimum Gasteiger partial charge on any atom is -0.478 e. The summed E-state index contributed by atoms with van der Waals surface area (Å²) in [4.78, 5) is 15.8. The molecule has 1 aromatic heterocycles. The van der Waals surface area contributed by atoms with Gasteiger partial charge in [0.2, 0.25) is 0 Å². The third-order valence-corrected chi connectivity index (χ3v) is 3.35. The predicted molar refractivity (Wildman–Crippen MR) is 66.5 cm³/mol. The lowest BCUT2D eigenvalue weighted by molar-refractivity contribution is 0.0695. The Kier molecular flexibility index (Phi) is 3.77. The van der Waals surface area contributed by atoms with Crippen LogP contribution >= 0.6 is 0 Å². The Bertz CT molecular complexity index is 426. The number of aromatic carboxylic acids is 1. The zero-order valence-corrected chi connectivity index (χ0v) is 10.3. The summed E-state index contributed by atoms with van der Waals surface area (Å²) in [5.74, 6) is -0.840. The van der Waals surface area contributed by atoms with Crippen LogP contribution in [-0.4, -0.2) is 16.1 Å². The summed E-state index contributed by atoms with van der Waals surface area (Å²) in [6.07, 6.45) is 7.24. The van der Waals surface area contributed by atoms with E-state index in [1.807, 2.05) is 6.07 Å². The lowest BCUT2D eigenvalue weighted by Gasteiger charge is -2.10. The van der Waals surface area contributed by atoms with Crippen LogP contribution in [0, 0.1) is 0 Å². The molecule has 17 heavy (non-hydrogen) atoms. The Morgan fingerprint density at radius 2 is 2.12 bits per heavy atom. The second-order valence-electron chi connectivity index (χ2n) is 4.70. The first-order chi connectivity index (χ1) is 8.22. The topological polar surface area (TPSA) is 50.2 Å². The molecule has 0 spiro atoms. The molecule has 0 aromatic carbocycles. The highest BCUT2D eigenvalue weighted by Crippen LogP contribution is 2.22. The van der Waals surface area contributed by atoms with Crippen molar-refractivity contribution < 1.29 is 9.90 Å². The third-order valence-electron chi connectivity index (χ3n) is 3.35. The number of carboxylic acids is 1. The highest BCUT2D eigenvalue weighted by Gasteiger charge is 2.17. The van der Waals surface area contributed by atoms with E-state index in [1.165, 1.54) is 12.8 Å². The molecule has 1 aliphatic rings. The van der Waals surface area contributed by atoms with Crippen molar-refractivity contribution in [3.8, 4) is 0 Å². The van der Waals surface area contributed by atoms with Crippen molar-refractivity contribution in [3.05, 3.63) is 28.6 Å². The predicted octanol–water partition coefficient (Wildman–Crippen LogP) is 3.00. The molecule has 1 aliphatic carbocycles. The number of hydrogen-bond acceptors (Lipinski definition) is 2. The molecule has 1 heterocycles. The lowest BCUT2D eigenvalue weighted by atomic mass is 10.0. The van der Waals surface area contributed by atoms with Crippen LogP contribution < -0.4 is 0 Å². The summed E-state index contributed by atoms with van der Waals surface area (Å²) >= 11 is 0. The number of carboxylic acid groups (broad SMARTS) is 1. The monoisotopic (exact) mass is 233 g/mol. The molecule has 0 saturated heterocycles. The third kappa shape index (κ3) is 2.65. The van der Waals surface area contributed by atoms with Crippen LogP contribution in [0.4, 0.5) is 0 Å². The van der Waals surface area contributed by atoms with Gasteiger partial charge in [0.05, 0.1) is 11.3 Å². The van der Waals surface area contributed by atoms with Crippen LogP contribution in [0.1, 0.15) is 59.9 Å². The van der Waals surface area contributed by atoms with Gasteiger partial charge in [-0.15, -0.1) is 0 Å². The highest BCUT2D eigenvalue weighted by atomic mass is 16.4. The first kappa shape index (κ1) is 12.1. The van der Waals surface area contributed by atoms with Crippen LogP contribution in [0.15, 0.2) is 6.07 Å². The number of carbonyl (C=O) groups is 1. The molecule has 0 amide bonds. The molecule has 0 radical (unpaired) electrons. The number of pyridine rings is 1. The molecule has 2 rings (SSSR count). The zero-order valence-electron chi connectivity index (χ0n) is 10.3. The smallest absolute Gasteiger partial charge is 0.337 e. The maximum Gasteiger partial charge on any atom is 0.337 e. The first-order valence-corrected chi connectivity index (χ1v) is 6.47. The van der Waals surface area contributed by atoms with Crippen LogP contribution in [0.5, 0.6) is 0 Å². The van der Waals surface area contributed by atoms with Crippen LogP contribution in [0.2, 0.25) is 0 Å². The summed E-state index contributed by atoms with van der Waals surface area (Å²) < 4.78 is 0. The SMILES string of the molecule is CCCc1nc2c(cc1C(=O)O)CCCCC2. The second-order valence-corrected chi connectivity index (χ2v) is 4.70. The van der Waals surface area contributed by atoms with Gasteiger partial charge >= 0.3 is 5.97 Å². The number of hydrogen-bond donors (Lipinski definition) is 1. The molecular formula is C14H19NO2. The summed E-state index contributed by atoms with van der Waals surface area (Å²) in [6.45, 7) is 2.05. The van der Waals surface area contributed by atoms with Gasteiger partial charge < -0.3 is 5.11 Å². The van der Waals surface area contributed by atoms with Gasteiger partial charge in [-0.05, 0) is 43.7 Å². The number of aromatic nitrogens is 1. The summed E-state index contributed by atoms with van der Waals surface area (Å²) in [6, 6.07) is 1.86. The Morgan fingerprint density at radius 1 is 1.35 bits per heavy atom. The summed E-state index contributed by atoms with van der Waals surface area (Å²) in [7, 11) is 0.